The molecule has 0 spiro atoms. The van der Waals surface area contributed by atoms with Gasteiger partial charge in [0.25, 0.3) is 0 Å². The molecular weight excluding hydrogens is 142 g/mol. The first-order chi connectivity index (χ1) is 5.38. The van der Waals surface area contributed by atoms with Crippen molar-refractivity contribution in [2.24, 2.45) is 0 Å². The molecule has 0 amide bonds. The number of ether oxygens (including phenoxy) is 2. The van der Waals surface area contributed by atoms with E-state index in [0.29, 0.717) is 0 Å². The Bertz CT molecular complexity index is 197. The summed E-state index contributed by atoms with van der Waals surface area (Å²) >= 11 is 0. The lowest BCUT2D eigenvalue weighted by atomic mass is 10.3. The Morgan fingerprint density at radius 3 is 2.64 bits per heavy atom. The molecule has 1 heterocycles. The zero-order chi connectivity index (χ0) is 8.10. The van der Waals surface area contributed by atoms with Crippen LogP contribution in [-0.2, 0) is 9.47 Å². The lowest BCUT2D eigenvalue weighted by Gasteiger charge is -2.11. The van der Waals surface area contributed by atoms with Crippen molar-refractivity contribution in [3.05, 3.63) is 30.1 Å². The van der Waals surface area contributed by atoms with Gasteiger partial charge in [0.1, 0.15) is 0 Å². The fraction of sp³-hybridized carbons (Fsp3) is 0.375. The quantitative estimate of drug-likeness (QED) is 0.609. The zero-order valence-electron chi connectivity index (χ0n) is 6.57. The number of hydrogen-bond acceptors (Lipinski definition) is 3. The number of rotatable bonds is 3. The Kier molecular flexibility index (Phi) is 3.01. The molecule has 0 bridgehead atoms. The lowest BCUT2D eigenvalue weighted by molar-refractivity contribution is -0.108. The van der Waals surface area contributed by atoms with Crippen LogP contribution in [0.1, 0.15) is 12.0 Å². The van der Waals surface area contributed by atoms with Crippen LogP contribution in [-0.4, -0.2) is 19.2 Å². The fourth-order valence-electron chi connectivity index (χ4n) is 0.804. The molecule has 3 nitrogen and oxygen atoms in total. The van der Waals surface area contributed by atoms with Crippen molar-refractivity contribution in [2.75, 3.05) is 14.2 Å². The average molecular weight is 152 g/mol. The lowest BCUT2D eigenvalue weighted by Crippen LogP contribution is -2.05. The first-order valence-electron chi connectivity index (χ1n) is 3.26. The highest BCUT2D eigenvalue weighted by Gasteiger charge is 2.07. The van der Waals surface area contributed by atoms with Crippen molar-refractivity contribution in [3.8, 4) is 0 Å². The Labute approximate surface area is 66.0 Å². The van der Waals surface area contributed by atoms with E-state index in [-0.39, 0.29) is 6.29 Å². The summed E-state index contributed by atoms with van der Waals surface area (Å²) in [7, 11) is 3.14. The number of nitrogens with zero attached hydrogens (tertiary/aromatic N) is 1. The van der Waals surface area contributed by atoms with Crippen molar-refractivity contribution in [1.29, 1.82) is 0 Å². The van der Waals surface area contributed by atoms with E-state index in [4.69, 9.17) is 9.47 Å². The first kappa shape index (κ1) is 8.17. The van der Waals surface area contributed by atoms with Gasteiger partial charge in [-0.15, -0.1) is 0 Å². The van der Waals surface area contributed by atoms with Crippen LogP contribution < -0.4 is 0 Å². The molecule has 0 saturated carbocycles. The summed E-state index contributed by atoms with van der Waals surface area (Å²) in [6.07, 6.45) is 1.27. The molecule has 0 unspecified atom stereocenters. The summed E-state index contributed by atoms with van der Waals surface area (Å²) in [5.74, 6) is 0. The Balaban J connectivity index is 2.74. The van der Waals surface area contributed by atoms with E-state index >= 15 is 0 Å². The van der Waals surface area contributed by atoms with Crippen molar-refractivity contribution in [2.45, 2.75) is 6.29 Å². The summed E-state index contributed by atoms with van der Waals surface area (Å²) < 4.78 is 9.96. The van der Waals surface area contributed by atoms with E-state index in [0.717, 1.165) is 5.69 Å². The second-order valence-electron chi connectivity index (χ2n) is 1.98. The molecule has 1 aromatic heterocycles. The number of hydrogen-bond donors (Lipinski definition) is 0. The predicted molar refractivity (Wildman–Crippen MR) is 39.8 cm³/mol. The summed E-state index contributed by atoms with van der Waals surface area (Å²) in [5.41, 5.74) is 0.734. The van der Waals surface area contributed by atoms with Gasteiger partial charge >= 0.3 is 0 Å². The average Bonchev–Trinajstić information content (AvgIpc) is 2.09. The third kappa shape index (κ3) is 2.00. The van der Waals surface area contributed by atoms with Crippen molar-refractivity contribution >= 4 is 0 Å². The maximum atomic E-state index is 4.98. The summed E-state index contributed by atoms with van der Waals surface area (Å²) in [6.45, 7) is 0. The van der Waals surface area contributed by atoms with Gasteiger partial charge in [-0.2, -0.15) is 0 Å². The van der Waals surface area contributed by atoms with Gasteiger partial charge in [-0.05, 0) is 18.2 Å². The van der Waals surface area contributed by atoms with Crippen LogP contribution in [0.25, 0.3) is 0 Å². The molecule has 1 rings (SSSR count). The van der Waals surface area contributed by atoms with E-state index in [1.54, 1.807) is 32.5 Å². The van der Waals surface area contributed by atoms with Crippen LogP contribution in [0.5, 0.6) is 0 Å². The van der Waals surface area contributed by atoms with Gasteiger partial charge in [-0.25, -0.2) is 0 Å². The topological polar surface area (TPSA) is 31.4 Å². The molecule has 0 atom stereocenters. The van der Waals surface area contributed by atoms with Gasteiger partial charge in [0.15, 0.2) is 0 Å². The van der Waals surface area contributed by atoms with Crippen LogP contribution >= 0.6 is 0 Å². The van der Waals surface area contributed by atoms with Gasteiger partial charge in [0.2, 0.25) is 6.29 Å². The van der Waals surface area contributed by atoms with Gasteiger partial charge in [-0.1, -0.05) is 0 Å². The van der Waals surface area contributed by atoms with Gasteiger partial charge in [-0.3, -0.25) is 4.98 Å². The Hall–Kier alpha value is -0.930. The highest BCUT2D eigenvalue weighted by molar-refractivity contribution is 5.03. The van der Waals surface area contributed by atoms with Gasteiger partial charge in [0, 0.05) is 20.4 Å². The number of pyridine rings is 1. The second kappa shape index (κ2) is 4.05. The molecule has 3 heteroatoms. The Morgan fingerprint density at radius 2 is 2.18 bits per heavy atom. The molecular formula is C8H10NO2. The molecule has 11 heavy (non-hydrogen) atoms. The fourth-order valence-corrected chi connectivity index (χ4v) is 0.804. The molecule has 0 fully saturated rings. The van der Waals surface area contributed by atoms with E-state index in [1.807, 2.05) is 0 Å². The van der Waals surface area contributed by atoms with E-state index < -0.39 is 0 Å². The summed E-state index contributed by atoms with van der Waals surface area (Å²) in [4.78, 5) is 4.04. The first-order valence-corrected chi connectivity index (χ1v) is 3.26. The maximum Gasteiger partial charge on any atom is 0.200 e. The third-order valence-electron chi connectivity index (χ3n) is 1.30. The highest BCUT2D eigenvalue weighted by atomic mass is 16.7. The minimum atomic E-state index is -0.382. The van der Waals surface area contributed by atoms with Gasteiger partial charge in [0.05, 0.1) is 5.69 Å². The predicted octanol–water partition coefficient (Wildman–Crippen LogP) is 1.17. The highest BCUT2D eigenvalue weighted by Crippen LogP contribution is 2.12. The van der Waals surface area contributed by atoms with Crippen molar-refractivity contribution in [3.63, 3.8) is 0 Å². The van der Waals surface area contributed by atoms with Crippen LogP contribution in [0, 0.1) is 6.07 Å². The molecule has 0 aliphatic heterocycles. The number of methoxy groups -OCH3 is 2. The van der Waals surface area contributed by atoms with Gasteiger partial charge < -0.3 is 9.47 Å². The largest absolute Gasteiger partial charge is 0.350 e. The molecule has 0 saturated heterocycles. The third-order valence-corrected chi connectivity index (χ3v) is 1.30. The van der Waals surface area contributed by atoms with Crippen molar-refractivity contribution in [1.82, 2.24) is 4.98 Å². The SMILES string of the molecule is COC(OC)c1c[c]ccn1. The summed E-state index contributed by atoms with van der Waals surface area (Å²) in [6, 6.07) is 6.35. The van der Waals surface area contributed by atoms with Crippen LogP contribution in [0.15, 0.2) is 18.3 Å². The normalized spacial score (nSPS) is 10.5. The maximum absolute atomic E-state index is 4.98. The van der Waals surface area contributed by atoms with Crippen LogP contribution in [0.2, 0.25) is 0 Å². The minimum absolute atomic E-state index is 0.382. The van der Waals surface area contributed by atoms with E-state index in [9.17, 15) is 0 Å². The van der Waals surface area contributed by atoms with E-state index in [2.05, 4.69) is 11.1 Å². The summed E-state index contributed by atoms with van der Waals surface area (Å²) in [5, 5.41) is 0. The molecule has 1 aromatic rings. The Morgan fingerprint density at radius 1 is 1.45 bits per heavy atom. The monoisotopic (exact) mass is 152 g/mol. The second-order valence-corrected chi connectivity index (χ2v) is 1.98. The molecule has 0 N–H and O–H groups in total. The molecule has 0 aromatic carbocycles. The van der Waals surface area contributed by atoms with Crippen LogP contribution in [0.3, 0.4) is 0 Å². The molecule has 0 aliphatic carbocycles. The minimum Gasteiger partial charge on any atom is -0.350 e. The standard InChI is InChI=1S/C8H10NO2/c1-10-8(11-2)7-5-3-4-6-9-7/h4-6,8H,1-2H3. The molecule has 1 radical (unpaired) electrons. The smallest absolute Gasteiger partial charge is 0.200 e. The zero-order valence-corrected chi connectivity index (χ0v) is 6.57. The molecule has 59 valence electrons. The molecule has 0 aliphatic rings. The van der Waals surface area contributed by atoms with Crippen LogP contribution in [0.4, 0.5) is 0 Å². The number of aromatic nitrogens is 1. The van der Waals surface area contributed by atoms with Crippen molar-refractivity contribution < 1.29 is 9.47 Å². The van der Waals surface area contributed by atoms with E-state index in [1.165, 1.54) is 0 Å².